The van der Waals surface area contributed by atoms with E-state index in [1.54, 1.807) is 16.7 Å². The predicted octanol–water partition coefficient (Wildman–Crippen LogP) is 2.18. The molecule has 1 aromatic heterocycles. The molecule has 1 aliphatic rings. The van der Waals surface area contributed by atoms with Crippen LogP contribution in [0.1, 0.15) is 11.1 Å². The second-order valence-corrected chi connectivity index (χ2v) is 5.66. The van der Waals surface area contributed by atoms with E-state index >= 15 is 0 Å². The third-order valence-corrected chi connectivity index (χ3v) is 4.12. The van der Waals surface area contributed by atoms with E-state index in [1.807, 2.05) is 43.4 Å². The van der Waals surface area contributed by atoms with E-state index in [2.05, 4.69) is 16.4 Å². The van der Waals surface area contributed by atoms with Gasteiger partial charge in [0.25, 0.3) is 0 Å². The van der Waals surface area contributed by atoms with Gasteiger partial charge < -0.3 is 9.64 Å². The molecule has 0 spiro atoms. The molecule has 0 radical (unpaired) electrons. The van der Waals surface area contributed by atoms with Gasteiger partial charge in [0.05, 0.1) is 12.6 Å². The number of nitrogens with zero attached hydrogens (tertiary/aromatic N) is 4. The fourth-order valence-corrected chi connectivity index (χ4v) is 2.76. The largest absolute Gasteiger partial charge is 0.497 e. The summed E-state index contributed by atoms with van der Waals surface area (Å²) < 4.78 is 6.90. The summed E-state index contributed by atoms with van der Waals surface area (Å²) in [5.74, 6) is 0.858. The molecule has 24 heavy (non-hydrogen) atoms. The van der Waals surface area contributed by atoms with Crippen LogP contribution in [-0.2, 0) is 24.8 Å². The van der Waals surface area contributed by atoms with Crippen LogP contribution in [0, 0.1) is 0 Å². The third-order valence-electron chi connectivity index (χ3n) is 4.12. The Balaban J connectivity index is 0.000000149. The Bertz CT molecular complexity index is 844. The summed E-state index contributed by atoms with van der Waals surface area (Å²) in [6, 6.07) is 13.9. The van der Waals surface area contributed by atoms with Crippen LogP contribution in [0.25, 0.3) is 11.0 Å². The number of hydrogen-bond donors (Lipinski definition) is 0. The third kappa shape index (κ3) is 3.37. The van der Waals surface area contributed by atoms with E-state index in [-0.39, 0.29) is 0 Å². The fourth-order valence-electron chi connectivity index (χ4n) is 2.76. The van der Waals surface area contributed by atoms with Crippen molar-refractivity contribution in [3.05, 3.63) is 53.6 Å². The number of ether oxygens (including phenoxy) is 1. The molecule has 3 aromatic rings. The quantitative estimate of drug-likeness (QED) is 0.678. The number of rotatable bonds is 2. The van der Waals surface area contributed by atoms with E-state index in [4.69, 9.17) is 4.74 Å². The maximum Gasteiger partial charge on any atom is 0.210 e. The van der Waals surface area contributed by atoms with Crippen molar-refractivity contribution in [1.82, 2.24) is 19.9 Å². The molecule has 0 saturated carbocycles. The van der Waals surface area contributed by atoms with E-state index in [1.165, 1.54) is 11.1 Å². The van der Waals surface area contributed by atoms with Gasteiger partial charge >= 0.3 is 0 Å². The summed E-state index contributed by atoms with van der Waals surface area (Å²) >= 11 is 0. The molecular weight excluding hydrogens is 304 g/mol. The molecule has 0 N–H and O–H groups in total. The lowest BCUT2D eigenvalue weighted by Crippen LogP contribution is -2.28. The van der Waals surface area contributed by atoms with Crippen molar-refractivity contribution in [2.75, 3.05) is 13.7 Å². The zero-order valence-corrected chi connectivity index (χ0v) is 13.8. The lowest BCUT2D eigenvalue weighted by Gasteiger charge is -2.25. The summed E-state index contributed by atoms with van der Waals surface area (Å²) in [5.41, 5.74) is 4.54. The van der Waals surface area contributed by atoms with E-state index in [9.17, 15) is 4.79 Å². The van der Waals surface area contributed by atoms with Gasteiger partial charge in [0.2, 0.25) is 6.41 Å². The Hall–Kier alpha value is -2.89. The van der Waals surface area contributed by atoms with Crippen LogP contribution in [0.3, 0.4) is 0 Å². The predicted molar refractivity (Wildman–Crippen MR) is 91.7 cm³/mol. The van der Waals surface area contributed by atoms with Gasteiger partial charge in [-0.25, -0.2) is 4.68 Å². The molecule has 4 rings (SSSR count). The second-order valence-electron chi connectivity index (χ2n) is 5.66. The van der Waals surface area contributed by atoms with Crippen molar-refractivity contribution in [3.8, 4) is 5.75 Å². The minimum Gasteiger partial charge on any atom is -0.497 e. The van der Waals surface area contributed by atoms with Gasteiger partial charge in [-0.2, -0.15) is 0 Å². The molecule has 6 heteroatoms. The minimum atomic E-state index is 0.704. The zero-order chi connectivity index (χ0) is 16.9. The highest BCUT2D eigenvalue weighted by molar-refractivity contribution is 5.73. The van der Waals surface area contributed by atoms with Crippen molar-refractivity contribution >= 4 is 17.4 Å². The first-order valence-corrected chi connectivity index (χ1v) is 7.81. The standard InChI is InChI=1S/C11H13NO2.C7H7N3/c1-14-11-3-2-9-4-5-12(8-13)7-10(9)6-11;1-10-7-5-3-2-4-6(7)8-9-10/h2-3,6,8H,4-5,7H2,1H3;2-5H,1H3. The molecular formula is C18H20N4O2. The van der Waals surface area contributed by atoms with Crippen LogP contribution < -0.4 is 4.74 Å². The molecule has 0 saturated heterocycles. The van der Waals surface area contributed by atoms with Crippen LogP contribution in [0.4, 0.5) is 0 Å². The van der Waals surface area contributed by atoms with Gasteiger partial charge in [-0.1, -0.05) is 23.4 Å². The molecule has 0 fully saturated rings. The van der Waals surface area contributed by atoms with Crippen molar-refractivity contribution in [2.24, 2.45) is 7.05 Å². The van der Waals surface area contributed by atoms with Crippen LogP contribution >= 0.6 is 0 Å². The Morgan fingerprint density at radius 1 is 1.17 bits per heavy atom. The molecule has 1 aliphatic heterocycles. The number of benzene rings is 2. The zero-order valence-electron chi connectivity index (χ0n) is 13.8. The van der Waals surface area contributed by atoms with Gasteiger partial charge in [-0.05, 0) is 41.8 Å². The Kier molecular flexibility index (Phi) is 4.74. The summed E-state index contributed by atoms with van der Waals surface area (Å²) in [5, 5.41) is 7.79. The van der Waals surface area contributed by atoms with Gasteiger partial charge in [-0.3, -0.25) is 4.79 Å². The highest BCUT2D eigenvalue weighted by Gasteiger charge is 2.14. The van der Waals surface area contributed by atoms with E-state index in [0.29, 0.717) is 6.54 Å². The topological polar surface area (TPSA) is 60.2 Å². The first-order valence-electron chi connectivity index (χ1n) is 7.81. The molecule has 1 amide bonds. The molecule has 124 valence electrons. The van der Waals surface area contributed by atoms with Crippen LogP contribution in [0.2, 0.25) is 0 Å². The second kappa shape index (κ2) is 7.12. The van der Waals surface area contributed by atoms with Crippen molar-refractivity contribution in [2.45, 2.75) is 13.0 Å². The summed E-state index contributed by atoms with van der Waals surface area (Å²) in [6.07, 6.45) is 1.85. The molecule has 0 aliphatic carbocycles. The Labute approximate surface area is 140 Å². The Morgan fingerprint density at radius 3 is 2.75 bits per heavy atom. The van der Waals surface area contributed by atoms with Crippen LogP contribution in [-0.4, -0.2) is 40.0 Å². The normalized spacial score (nSPS) is 13.0. The number of para-hydroxylation sites is 1. The number of hydrogen-bond acceptors (Lipinski definition) is 4. The molecule has 0 atom stereocenters. The highest BCUT2D eigenvalue weighted by atomic mass is 16.5. The smallest absolute Gasteiger partial charge is 0.210 e. The lowest BCUT2D eigenvalue weighted by atomic mass is 10.00. The molecule has 2 aromatic carbocycles. The monoisotopic (exact) mass is 324 g/mol. The number of aryl methyl sites for hydroxylation is 1. The average molecular weight is 324 g/mol. The number of methoxy groups -OCH3 is 1. The Morgan fingerprint density at radius 2 is 2.00 bits per heavy atom. The maximum absolute atomic E-state index is 10.6. The fraction of sp³-hybridized carbons (Fsp3) is 0.278. The maximum atomic E-state index is 10.6. The van der Waals surface area contributed by atoms with Crippen molar-refractivity contribution < 1.29 is 9.53 Å². The minimum absolute atomic E-state index is 0.704. The molecule has 0 unspecified atom stereocenters. The van der Waals surface area contributed by atoms with Crippen LogP contribution in [0.15, 0.2) is 42.5 Å². The SMILES string of the molecule is COc1ccc2c(c1)CN(C=O)CC2.Cn1nnc2ccccc21. The van der Waals surface area contributed by atoms with Crippen molar-refractivity contribution in [1.29, 1.82) is 0 Å². The molecule has 6 nitrogen and oxygen atoms in total. The van der Waals surface area contributed by atoms with Crippen LogP contribution in [0.5, 0.6) is 5.75 Å². The number of carbonyl (C=O) groups excluding carboxylic acids is 1. The first-order chi connectivity index (χ1) is 11.7. The summed E-state index contributed by atoms with van der Waals surface area (Å²) in [6.45, 7) is 1.53. The van der Waals surface area contributed by atoms with Gasteiger partial charge in [0.1, 0.15) is 11.3 Å². The van der Waals surface area contributed by atoms with E-state index in [0.717, 1.165) is 36.2 Å². The highest BCUT2D eigenvalue weighted by Crippen LogP contribution is 2.22. The number of carbonyl (C=O) groups is 1. The van der Waals surface area contributed by atoms with Gasteiger partial charge in [-0.15, -0.1) is 5.10 Å². The van der Waals surface area contributed by atoms with Gasteiger partial charge in [0.15, 0.2) is 0 Å². The van der Waals surface area contributed by atoms with Gasteiger partial charge in [0, 0.05) is 20.1 Å². The summed E-state index contributed by atoms with van der Waals surface area (Å²) in [4.78, 5) is 12.4. The number of fused-ring (bicyclic) bond motifs is 2. The van der Waals surface area contributed by atoms with Crippen molar-refractivity contribution in [3.63, 3.8) is 0 Å². The number of amides is 1. The summed E-state index contributed by atoms with van der Waals surface area (Å²) in [7, 11) is 3.54. The molecule has 0 bridgehead atoms. The molecule has 2 heterocycles. The van der Waals surface area contributed by atoms with E-state index < -0.39 is 0 Å². The lowest BCUT2D eigenvalue weighted by molar-refractivity contribution is -0.118. The first kappa shape index (κ1) is 16.0. The average Bonchev–Trinajstić information content (AvgIpc) is 3.02. The number of aromatic nitrogens is 3.